The first-order chi connectivity index (χ1) is 9.03. The molecular formula is C13H22N2O2S2. The molecule has 0 aromatic heterocycles. The summed E-state index contributed by atoms with van der Waals surface area (Å²) in [6.07, 6.45) is 3.12. The van der Waals surface area contributed by atoms with Gasteiger partial charge in [0.1, 0.15) is 0 Å². The van der Waals surface area contributed by atoms with E-state index in [1.165, 1.54) is 0 Å². The summed E-state index contributed by atoms with van der Waals surface area (Å²) in [7, 11) is -3.35. The van der Waals surface area contributed by atoms with Crippen molar-refractivity contribution >= 4 is 27.5 Å². The van der Waals surface area contributed by atoms with Crippen molar-refractivity contribution in [2.24, 2.45) is 0 Å². The lowest BCUT2D eigenvalue weighted by atomic mass is 10.2. The van der Waals surface area contributed by atoms with E-state index in [1.54, 1.807) is 30.8 Å². The maximum atomic E-state index is 11.8. The molecule has 0 amide bonds. The van der Waals surface area contributed by atoms with Gasteiger partial charge in [0.05, 0.1) is 4.90 Å². The summed E-state index contributed by atoms with van der Waals surface area (Å²) < 4.78 is 26.1. The average molecular weight is 302 g/mol. The second kappa shape index (κ2) is 7.77. The van der Waals surface area contributed by atoms with Crippen molar-refractivity contribution in [1.29, 1.82) is 0 Å². The van der Waals surface area contributed by atoms with Crippen molar-refractivity contribution in [2.45, 2.75) is 31.2 Å². The number of rotatable bonds is 8. The molecule has 4 nitrogen and oxygen atoms in total. The molecule has 0 fully saturated rings. The van der Waals surface area contributed by atoms with Crippen LogP contribution in [0.3, 0.4) is 0 Å². The zero-order valence-corrected chi connectivity index (χ0v) is 13.3. The maximum Gasteiger partial charge on any atom is 0.240 e. The summed E-state index contributed by atoms with van der Waals surface area (Å²) >= 11 is 1.80. The van der Waals surface area contributed by atoms with E-state index < -0.39 is 10.0 Å². The molecule has 1 rings (SSSR count). The van der Waals surface area contributed by atoms with Crippen molar-refractivity contribution < 1.29 is 8.42 Å². The first kappa shape index (κ1) is 16.3. The number of nitrogens with one attached hydrogen (secondary N) is 2. The Morgan fingerprint density at radius 2 is 1.84 bits per heavy atom. The van der Waals surface area contributed by atoms with E-state index in [0.29, 0.717) is 17.5 Å². The van der Waals surface area contributed by atoms with Gasteiger partial charge in [0.25, 0.3) is 0 Å². The van der Waals surface area contributed by atoms with E-state index in [9.17, 15) is 8.42 Å². The maximum absolute atomic E-state index is 11.8. The average Bonchev–Trinajstić information content (AvgIpc) is 2.39. The smallest absolute Gasteiger partial charge is 0.240 e. The van der Waals surface area contributed by atoms with E-state index in [4.69, 9.17) is 0 Å². The zero-order chi connectivity index (χ0) is 14.3. The van der Waals surface area contributed by atoms with E-state index in [2.05, 4.69) is 23.2 Å². The highest BCUT2D eigenvalue weighted by molar-refractivity contribution is 7.98. The highest BCUT2D eigenvalue weighted by Crippen LogP contribution is 2.16. The van der Waals surface area contributed by atoms with Crippen molar-refractivity contribution in [3.05, 3.63) is 24.3 Å². The predicted molar refractivity (Wildman–Crippen MR) is 83.4 cm³/mol. The van der Waals surface area contributed by atoms with Crippen molar-refractivity contribution in [3.8, 4) is 0 Å². The van der Waals surface area contributed by atoms with Gasteiger partial charge in [-0.2, -0.15) is 11.8 Å². The van der Waals surface area contributed by atoms with Gasteiger partial charge in [-0.1, -0.05) is 13.8 Å². The molecule has 0 heterocycles. The first-order valence-corrected chi connectivity index (χ1v) is 9.26. The van der Waals surface area contributed by atoms with Gasteiger partial charge in [-0.3, -0.25) is 0 Å². The van der Waals surface area contributed by atoms with Crippen LogP contribution >= 0.6 is 11.8 Å². The first-order valence-electron chi connectivity index (χ1n) is 6.38. The third-order valence-corrected chi connectivity index (χ3v) is 5.03. The summed E-state index contributed by atoms with van der Waals surface area (Å²) in [5.41, 5.74) is 0.955. The topological polar surface area (TPSA) is 58.2 Å². The molecule has 0 radical (unpaired) electrons. The van der Waals surface area contributed by atoms with E-state index >= 15 is 0 Å². The molecule has 1 aromatic rings. The van der Waals surface area contributed by atoms with Crippen LogP contribution in [0.2, 0.25) is 0 Å². The molecule has 1 aromatic carbocycles. The van der Waals surface area contributed by atoms with Crippen LogP contribution in [0.25, 0.3) is 0 Å². The molecule has 19 heavy (non-hydrogen) atoms. The van der Waals surface area contributed by atoms with Gasteiger partial charge >= 0.3 is 0 Å². The lowest BCUT2D eigenvalue weighted by Crippen LogP contribution is -2.23. The van der Waals surface area contributed by atoms with Gasteiger partial charge in [-0.05, 0) is 36.9 Å². The van der Waals surface area contributed by atoms with Crippen molar-refractivity contribution in [2.75, 3.05) is 23.9 Å². The Morgan fingerprint density at radius 1 is 1.21 bits per heavy atom. The molecule has 0 spiro atoms. The Morgan fingerprint density at radius 3 is 2.32 bits per heavy atom. The van der Waals surface area contributed by atoms with Crippen LogP contribution in [0.4, 0.5) is 5.69 Å². The second-order valence-electron chi connectivity index (χ2n) is 4.23. The SMILES string of the molecule is CCNS(=O)(=O)c1ccc(NC(CC)CSC)cc1. The molecule has 1 unspecified atom stereocenters. The molecule has 108 valence electrons. The van der Waals surface area contributed by atoms with E-state index in [-0.39, 0.29) is 0 Å². The van der Waals surface area contributed by atoms with Gasteiger partial charge in [0, 0.05) is 24.0 Å². The third-order valence-electron chi connectivity index (χ3n) is 2.73. The fourth-order valence-electron chi connectivity index (χ4n) is 1.70. The Hall–Kier alpha value is -0.720. The van der Waals surface area contributed by atoms with Crippen molar-refractivity contribution in [3.63, 3.8) is 0 Å². The summed E-state index contributed by atoms with van der Waals surface area (Å²) in [6, 6.07) is 7.30. The van der Waals surface area contributed by atoms with Gasteiger partial charge in [0.2, 0.25) is 10.0 Å². The highest BCUT2D eigenvalue weighted by Gasteiger charge is 2.12. The van der Waals surface area contributed by atoms with E-state index in [0.717, 1.165) is 17.9 Å². The van der Waals surface area contributed by atoms with Gasteiger partial charge < -0.3 is 5.32 Å². The minimum Gasteiger partial charge on any atom is -0.381 e. The Kier molecular flexibility index (Phi) is 6.68. The fourth-order valence-corrected chi connectivity index (χ4v) is 3.46. The highest BCUT2D eigenvalue weighted by atomic mass is 32.2. The molecule has 0 saturated carbocycles. The van der Waals surface area contributed by atoms with Crippen LogP contribution in [0.1, 0.15) is 20.3 Å². The molecule has 0 aliphatic heterocycles. The number of benzene rings is 1. The lowest BCUT2D eigenvalue weighted by molar-refractivity contribution is 0.584. The molecule has 0 bridgehead atoms. The van der Waals surface area contributed by atoms with Gasteiger partial charge in [-0.25, -0.2) is 13.1 Å². The predicted octanol–water partition coefficient (Wildman–Crippen LogP) is 2.54. The quantitative estimate of drug-likeness (QED) is 0.775. The molecule has 2 N–H and O–H groups in total. The largest absolute Gasteiger partial charge is 0.381 e. The summed E-state index contributed by atoms with van der Waals surface area (Å²) in [4.78, 5) is 0.304. The fraction of sp³-hybridized carbons (Fsp3) is 0.538. The number of hydrogen-bond donors (Lipinski definition) is 2. The standard InChI is InChI=1S/C13H22N2O2S2/c1-4-11(10-18-3)15-12-6-8-13(9-7-12)19(16,17)14-5-2/h6-9,11,14-15H,4-5,10H2,1-3H3. The van der Waals surface area contributed by atoms with Crippen LogP contribution in [0, 0.1) is 0 Å². The number of sulfonamides is 1. The normalized spacial score (nSPS) is 13.2. The van der Waals surface area contributed by atoms with Crippen LogP contribution in [-0.4, -0.2) is 33.0 Å². The number of hydrogen-bond acceptors (Lipinski definition) is 4. The van der Waals surface area contributed by atoms with Crippen LogP contribution in [0.5, 0.6) is 0 Å². The lowest BCUT2D eigenvalue weighted by Gasteiger charge is -2.17. The molecule has 0 aliphatic carbocycles. The van der Waals surface area contributed by atoms with Crippen LogP contribution in [-0.2, 0) is 10.0 Å². The minimum atomic E-state index is -3.35. The monoisotopic (exact) mass is 302 g/mol. The molecule has 0 saturated heterocycles. The zero-order valence-electron chi connectivity index (χ0n) is 11.6. The van der Waals surface area contributed by atoms with Crippen molar-refractivity contribution in [1.82, 2.24) is 4.72 Å². The molecule has 0 aliphatic rings. The Bertz CT molecular complexity index is 472. The minimum absolute atomic E-state index is 0.304. The third kappa shape index (κ3) is 5.04. The Balaban J connectivity index is 2.76. The van der Waals surface area contributed by atoms with E-state index in [1.807, 2.05) is 12.1 Å². The Labute approximate surface area is 120 Å². The van der Waals surface area contributed by atoms with Gasteiger partial charge in [-0.15, -0.1) is 0 Å². The molecule has 6 heteroatoms. The second-order valence-corrected chi connectivity index (χ2v) is 6.91. The van der Waals surface area contributed by atoms with Crippen LogP contribution < -0.4 is 10.0 Å². The molecular weight excluding hydrogens is 280 g/mol. The number of anilines is 1. The number of thioether (sulfide) groups is 1. The summed E-state index contributed by atoms with van der Waals surface area (Å²) in [5, 5.41) is 3.40. The summed E-state index contributed by atoms with van der Waals surface area (Å²) in [5.74, 6) is 1.04. The van der Waals surface area contributed by atoms with Crippen LogP contribution in [0.15, 0.2) is 29.2 Å². The summed E-state index contributed by atoms with van der Waals surface area (Å²) in [6.45, 7) is 4.30. The van der Waals surface area contributed by atoms with Gasteiger partial charge in [0.15, 0.2) is 0 Å². The molecule has 1 atom stereocenters.